The molecule has 12 heavy (non-hydrogen) atoms. The normalized spacial score (nSPS) is 10.4. The predicted octanol–water partition coefficient (Wildman–Crippen LogP) is 1.42. The molecule has 2 aromatic rings. The molecule has 0 aliphatic carbocycles. The van der Waals surface area contributed by atoms with Gasteiger partial charge in [-0.3, -0.25) is 0 Å². The largest absolute Gasteiger partial charge is 0.369 e. The van der Waals surface area contributed by atoms with Gasteiger partial charge in [0.05, 0.1) is 21.8 Å². The fourth-order valence-electron chi connectivity index (χ4n) is 0.948. The van der Waals surface area contributed by atoms with Gasteiger partial charge in [-0.1, -0.05) is 0 Å². The fraction of sp³-hybridized carbons (Fsp3) is 0.143. The summed E-state index contributed by atoms with van der Waals surface area (Å²) in [5.74, 6) is 0.441. The van der Waals surface area contributed by atoms with Gasteiger partial charge >= 0.3 is 0 Å². The zero-order chi connectivity index (χ0) is 8.55. The minimum atomic E-state index is 0.441. The molecule has 2 aromatic heterocycles. The predicted molar refractivity (Wildman–Crippen MR) is 48.8 cm³/mol. The van der Waals surface area contributed by atoms with Crippen LogP contribution in [0.25, 0.3) is 10.6 Å². The molecular weight excluding hydrogens is 172 g/mol. The molecule has 3 N–H and O–H groups in total. The van der Waals surface area contributed by atoms with Crippen LogP contribution in [0.3, 0.4) is 0 Å². The van der Waals surface area contributed by atoms with E-state index < -0.39 is 0 Å². The van der Waals surface area contributed by atoms with Gasteiger partial charge in [-0.25, -0.2) is 9.97 Å². The molecule has 0 spiro atoms. The maximum Gasteiger partial charge on any atom is 0.197 e. The molecule has 0 aromatic carbocycles. The molecule has 62 valence electrons. The quantitative estimate of drug-likeness (QED) is 0.697. The molecule has 0 radical (unpaired) electrons. The highest BCUT2D eigenvalue weighted by Gasteiger charge is 2.03. The number of aromatic nitrogens is 3. The summed E-state index contributed by atoms with van der Waals surface area (Å²) in [5, 5.41) is 1.04. The van der Waals surface area contributed by atoms with Gasteiger partial charge in [0.25, 0.3) is 0 Å². The molecule has 0 saturated heterocycles. The summed E-state index contributed by atoms with van der Waals surface area (Å²) in [6, 6.07) is 0. The number of nitrogens with two attached hydrogens (primary N) is 1. The molecule has 0 unspecified atom stereocenters. The van der Waals surface area contributed by atoms with E-state index >= 15 is 0 Å². The van der Waals surface area contributed by atoms with E-state index in [4.69, 9.17) is 5.73 Å². The molecule has 0 saturated carbocycles. The van der Waals surface area contributed by atoms with E-state index in [1.165, 1.54) is 0 Å². The number of nitrogens with zero attached hydrogens (tertiary/aromatic N) is 2. The van der Waals surface area contributed by atoms with Crippen molar-refractivity contribution in [1.82, 2.24) is 15.0 Å². The molecule has 4 nitrogen and oxygen atoms in total. The van der Waals surface area contributed by atoms with Crippen LogP contribution in [0.1, 0.15) is 5.01 Å². The summed E-state index contributed by atoms with van der Waals surface area (Å²) in [6.45, 7) is 1.97. The van der Waals surface area contributed by atoms with E-state index in [9.17, 15) is 0 Å². The maximum atomic E-state index is 5.44. The lowest BCUT2D eigenvalue weighted by Crippen LogP contribution is -1.84. The van der Waals surface area contributed by atoms with Gasteiger partial charge in [0.15, 0.2) is 5.95 Å². The lowest BCUT2D eigenvalue weighted by molar-refractivity contribution is 1.29. The Hall–Kier alpha value is -1.36. The van der Waals surface area contributed by atoms with Gasteiger partial charge in [0.2, 0.25) is 0 Å². The summed E-state index contributed by atoms with van der Waals surface area (Å²) in [4.78, 5) is 12.0. The second kappa shape index (κ2) is 2.60. The van der Waals surface area contributed by atoms with E-state index in [0.29, 0.717) is 5.95 Å². The lowest BCUT2D eigenvalue weighted by atomic mass is 10.4. The van der Waals surface area contributed by atoms with Crippen LogP contribution in [0.15, 0.2) is 12.4 Å². The third-order valence-corrected chi connectivity index (χ3v) is 2.43. The third-order valence-electron chi connectivity index (χ3n) is 1.48. The molecule has 0 aliphatic rings. The van der Waals surface area contributed by atoms with E-state index in [2.05, 4.69) is 15.0 Å². The molecule has 0 fully saturated rings. The van der Waals surface area contributed by atoms with Crippen molar-refractivity contribution in [1.29, 1.82) is 0 Å². The summed E-state index contributed by atoms with van der Waals surface area (Å²) >= 11 is 1.62. The highest BCUT2D eigenvalue weighted by atomic mass is 32.1. The number of H-pyrrole nitrogens is 1. The Labute approximate surface area is 73.5 Å². The second-order valence-corrected chi connectivity index (χ2v) is 3.66. The zero-order valence-corrected chi connectivity index (χ0v) is 7.35. The number of nitrogen functional groups attached to an aromatic ring is 1. The number of anilines is 1. The van der Waals surface area contributed by atoms with E-state index in [-0.39, 0.29) is 0 Å². The van der Waals surface area contributed by atoms with Crippen molar-refractivity contribution in [2.24, 2.45) is 0 Å². The first-order valence-corrected chi connectivity index (χ1v) is 4.30. The molecular formula is C7H8N4S. The van der Waals surface area contributed by atoms with Crippen LogP contribution in [-0.2, 0) is 0 Å². The highest BCUT2D eigenvalue weighted by Crippen LogP contribution is 2.23. The first kappa shape index (κ1) is 7.30. The Morgan fingerprint density at radius 1 is 1.42 bits per heavy atom. The summed E-state index contributed by atoms with van der Waals surface area (Å²) in [6.07, 6.45) is 3.52. The smallest absolute Gasteiger partial charge is 0.197 e. The number of hydrogen-bond acceptors (Lipinski definition) is 4. The van der Waals surface area contributed by atoms with Crippen molar-refractivity contribution in [2.75, 3.05) is 5.73 Å². The Morgan fingerprint density at radius 3 is 2.75 bits per heavy atom. The van der Waals surface area contributed by atoms with Crippen LogP contribution < -0.4 is 5.73 Å². The first-order valence-electron chi connectivity index (χ1n) is 3.49. The van der Waals surface area contributed by atoms with Crippen molar-refractivity contribution >= 4 is 17.3 Å². The number of thiazole rings is 1. The van der Waals surface area contributed by atoms with E-state index in [1.54, 1.807) is 17.5 Å². The monoisotopic (exact) mass is 180 g/mol. The Bertz CT molecular complexity index is 351. The maximum absolute atomic E-state index is 5.44. The Kier molecular flexibility index (Phi) is 1.58. The van der Waals surface area contributed by atoms with Crippen molar-refractivity contribution in [3.63, 3.8) is 0 Å². The minimum absolute atomic E-state index is 0.441. The van der Waals surface area contributed by atoms with Crippen LogP contribution in [0.4, 0.5) is 5.95 Å². The van der Waals surface area contributed by atoms with Crippen LogP contribution >= 0.6 is 11.3 Å². The van der Waals surface area contributed by atoms with Gasteiger partial charge in [0.1, 0.15) is 0 Å². The number of imidazole rings is 1. The third kappa shape index (κ3) is 1.18. The number of hydrogen-bond donors (Lipinski definition) is 2. The van der Waals surface area contributed by atoms with Gasteiger partial charge in [0, 0.05) is 6.20 Å². The number of nitrogens with one attached hydrogen (secondary N) is 1. The van der Waals surface area contributed by atoms with Crippen molar-refractivity contribution in [2.45, 2.75) is 6.92 Å². The molecule has 0 amide bonds. The standard InChI is InChI=1S/C7H8N4S/c1-4-9-3-6(12-4)5-2-10-7(8)11-5/h2-3H,1H3,(H3,8,10,11). The number of rotatable bonds is 1. The fourth-order valence-corrected chi connectivity index (χ4v) is 1.69. The van der Waals surface area contributed by atoms with Gasteiger partial charge in [-0.2, -0.15) is 0 Å². The lowest BCUT2D eigenvalue weighted by Gasteiger charge is -1.86. The summed E-state index contributed by atoms with van der Waals surface area (Å²) < 4.78 is 0. The van der Waals surface area contributed by atoms with Gasteiger partial charge in [-0.05, 0) is 6.92 Å². The molecule has 5 heteroatoms. The zero-order valence-electron chi connectivity index (χ0n) is 6.53. The summed E-state index contributed by atoms with van der Waals surface area (Å²) in [5.41, 5.74) is 6.37. The Balaban J connectivity index is 2.43. The van der Waals surface area contributed by atoms with Gasteiger partial charge in [-0.15, -0.1) is 11.3 Å². The molecule has 0 bridgehead atoms. The Morgan fingerprint density at radius 2 is 2.25 bits per heavy atom. The SMILES string of the molecule is Cc1ncc(-c2cnc(N)[nH]2)s1. The van der Waals surface area contributed by atoms with Crippen LogP contribution in [-0.4, -0.2) is 15.0 Å². The minimum Gasteiger partial charge on any atom is -0.369 e. The number of aryl methyl sites for hydroxylation is 1. The second-order valence-electron chi connectivity index (χ2n) is 2.43. The summed E-state index contributed by atoms with van der Waals surface area (Å²) in [7, 11) is 0. The van der Waals surface area contributed by atoms with Crippen molar-refractivity contribution in [3.05, 3.63) is 17.4 Å². The van der Waals surface area contributed by atoms with E-state index in [1.807, 2.05) is 13.1 Å². The van der Waals surface area contributed by atoms with Gasteiger partial charge < -0.3 is 10.7 Å². The molecule has 2 rings (SSSR count). The van der Waals surface area contributed by atoms with Crippen LogP contribution in [0.5, 0.6) is 0 Å². The van der Waals surface area contributed by atoms with Crippen LogP contribution in [0, 0.1) is 6.92 Å². The molecule has 0 aliphatic heterocycles. The van der Waals surface area contributed by atoms with Crippen molar-refractivity contribution in [3.8, 4) is 10.6 Å². The topological polar surface area (TPSA) is 67.6 Å². The molecule has 0 atom stereocenters. The van der Waals surface area contributed by atoms with Crippen molar-refractivity contribution < 1.29 is 0 Å². The molecule has 2 heterocycles. The average Bonchev–Trinajstić information content (AvgIpc) is 2.58. The highest BCUT2D eigenvalue weighted by molar-refractivity contribution is 7.15. The van der Waals surface area contributed by atoms with Crippen LogP contribution in [0.2, 0.25) is 0 Å². The average molecular weight is 180 g/mol. The number of aromatic amines is 1. The van der Waals surface area contributed by atoms with E-state index in [0.717, 1.165) is 15.6 Å². The first-order chi connectivity index (χ1) is 5.75.